The Bertz CT molecular complexity index is 644. The van der Waals surface area contributed by atoms with Crippen molar-refractivity contribution in [1.29, 1.82) is 0 Å². The quantitative estimate of drug-likeness (QED) is 0.795. The highest BCUT2D eigenvalue weighted by atomic mass is 35.5. The van der Waals surface area contributed by atoms with Gasteiger partial charge < -0.3 is 4.90 Å². The molecule has 5 heteroatoms. The Morgan fingerprint density at radius 2 is 2.05 bits per heavy atom. The van der Waals surface area contributed by atoms with E-state index >= 15 is 0 Å². The van der Waals surface area contributed by atoms with Crippen LogP contribution >= 0.6 is 23.1 Å². The molecule has 1 aromatic heterocycles. The van der Waals surface area contributed by atoms with Crippen LogP contribution in [-0.2, 0) is 0 Å². The van der Waals surface area contributed by atoms with Crippen LogP contribution in [0.4, 0.5) is 0 Å². The molecule has 2 unspecified atom stereocenters. The molecule has 0 aliphatic carbocycles. The fourth-order valence-electron chi connectivity index (χ4n) is 3.04. The summed E-state index contributed by atoms with van der Waals surface area (Å²) in [5.41, 5.74) is 0.848. The number of nitrogens with zero attached hydrogens (tertiary/aromatic N) is 2. The third kappa shape index (κ3) is 2.54. The zero-order valence-corrected chi connectivity index (χ0v) is 13.2. The maximum absolute atomic E-state index is 12.7. The third-order valence-corrected chi connectivity index (χ3v) is 4.89. The molecule has 3 rings (SSSR count). The van der Waals surface area contributed by atoms with Gasteiger partial charge in [-0.2, -0.15) is 4.37 Å². The van der Waals surface area contributed by atoms with E-state index < -0.39 is 0 Å². The first-order chi connectivity index (χ1) is 9.54. The van der Waals surface area contributed by atoms with Crippen molar-refractivity contribution in [3.63, 3.8) is 0 Å². The third-order valence-electron chi connectivity index (χ3n) is 3.79. The molecule has 0 spiro atoms. The Hall–Kier alpha value is -1.13. The van der Waals surface area contributed by atoms with Crippen LogP contribution in [0.2, 0.25) is 5.02 Å². The van der Waals surface area contributed by atoms with Gasteiger partial charge in [0.05, 0.1) is 5.52 Å². The molecule has 2 aromatic rings. The lowest BCUT2D eigenvalue weighted by Gasteiger charge is -2.34. The smallest absolute Gasteiger partial charge is 0.266 e. The van der Waals surface area contributed by atoms with Gasteiger partial charge in [-0.15, -0.1) is 0 Å². The summed E-state index contributed by atoms with van der Waals surface area (Å²) in [4.78, 5) is 15.4. The van der Waals surface area contributed by atoms with Crippen LogP contribution in [0.3, 0.4) is 0 Å². The molecule has 0 radical (unpaired) electrons. The fourth-order valence-corrected chi connectivity index (χ4v) is 4.03. The molecule has 1 aliphatic heterocycles. The number of likely N-dealkylation sites (tertiary alicyclic amines) is 1. The average molecular weight is 309 g/mol. The summed E-state index contributed by atoms with van der Waals surface area (Å²) in [5, 5.41) is 1.52. The number of benzene rings is 1. The van der Waals surface area contributed by atoms with E-state index in [0.29, 0.717) is 21.7 Å². The summed E-state index contributed by atoms with van der Waals surface area (Å²) < 4.78 is 4.35. The van der Waals surface area contributed by atoms with Gasteiger partial charge in [0.1, 0.15) is 4.88 Å². The highest BCUT2D eigenvalue weighted by Gasteiger charge is 2.28. The van der Waals surface area contributed by atoms with E-state index in [0.717, 1.165) is 24.0 Å². The van der Waals surface area contributed by atoms with Gasteiger partial charge in [-0.1, -0.05) is 25.4 Å². The number of amides is 1. The SMILES string of the molecule is CC1CC(C)CN(C(=O)c2snc3ccc(Cl)cc23)C1. The van der Waals surface area contributed by atoms with Crippen LogP contribution in [0.1, 0.15) is 29.9 Å². The minimum absolute atomic E-state index is 0.0955. The van der Waals surface area contributed by atoms with Gasteiger partial charge in [0, 0.05) is 23.5 Å². The van der Waals surface area contributed by atoms with Crippen molar-refractivity contribution in [3.05, 3.63) is 28.1 Å². The van der Waals surface area contributed by atoms with Crippen molar-refractivity contribution in [2.24, 2.45) is 11.8 Å². The number of hydrogen-bond acceptors (Lipinski definition) is 3. The maximum Gasteiger partial charge on any atom is 0.266 e. The predicted octanol–water partition coefficient (Wildman–Crippen LogP) is 4.07. The molecular formula is C15H17ClN2OS. The van der Waals surface area contributed by atoms with E-state index in [2.05, 4.69) is 18.2 Å². The van der Waals surface area contributed by atoms with Crippen LogP contribution < -0.4 is 0 Å². The molecule has 1 aliphatic rings. The van der Waals surface area contributed by atoms with Gasteiger partial charge in [0.15, 0.2) is 0 Å². The highest BCUT2D eigenvalue weighted by Crippen LogP contribution is 2.29. The van der Waals surface area contributed by atoms with E-state index in [9.17, 15) is 4.79 Å². The second-order valence-electron chi connectivity index (χ2n) is 5.83. The molecule has 20 heavy (non-hydrogen) atoms. The van der Waals surface area contributed by atoms with Crippen molar-refractivity contribution < 1.29 is 4.79 Å². The van der Waals surface area contributed by atoms with E-state index in [1.165, 1.54) is 18.0 Å². The lowest BCUT2D eigenvalue weighted by atomic mass is 9.92. The minimum Gasteiger partial charge on any atom is -0.337 e. The second-order valence-corrected chi connectivity index (χ2v) is 7.04. The van der Waals surface area contributed by atoms with Crippen molar-refractivity contribution in [3.8, 4) is 0 Å². The number of rotatable bonds is 1. The van der Waals surface area contributed by atoms with Gasteiger partial charge in [-0.05, 0) is 48.0 Å². The topological polar surface area (TPSA) is 33.2 Å². The largest absolute Gasteiger partial charge is 0.337 e. The highest BCUT2D eigenvalue weighted by molar-refractivity contribution is 7.09. The molecule has 106 valence electrons. The van der Waals surface area contributed by atoms with Crippen LogP contribution in [-0.4, -0.2) is 28.3 Å². The minimum atomic E-state index is 0.0955. The molecule has 0 bridgehead atoms. The predicted molar refractivity (Wildman–Crippen MR) is 83.5 cm³/mol. The van der Waals surface area contributed by atoms with Gasteiger partial charge >= 0.3 is 0 Å². The molecule has 2 atom stereocenters. The summed E-state index contributed by atoms with van der Waals surface area (Å²) in [7, 11) is 0. The summed E-state index contributed by atoms with van der Waals surface area (Å²) in [6.07, 6.45) is 1.19. The molecule has 1 amide bonds. The molecule has 0 N–H and O–H groups in total. The van der Waals surface area contributed by atoms with Crippen molar-refractivity contribution in [2.45, 2.75) is 20.3 Å². The average Bonchev–Trinajstić information content (AvgIpc) is 2.79. The lowest BCUT2D eigenvalue weighted by Crippen LogP contribution is -2.42. The Morgan fingerprint density at radius 1 is 1.35 bits per heavy atom. The first-order valence-electron chi connectivity index (χ1n) is 6.89. The molecule has 1 fully saturated rings. The van der Waals surface area contributed by atoms with Crippen LogP contribution in [0.25, 0.3) is 10.9 Å². The second kappa shape index (κ2) is 5.34. The zero-order chi connectivity index (χ0) is 14.3. The number of carbonyl (C=O) groups excluding carboxylic acids is 1. The van der Waals surface area contributed by atoms with Crippen LogP contribution in [0, 0.1) is 11.8 Å². The molecule has 3 nitrogen and oxygen atoms in total. The monoisotopic (exact) mass is 308 g/mol. The standard InChI is InChI=1S/C15H17ClN2OS/c1-9-5-10(2)8-18(7-9)15(19)14-12-6-11(16)3-4-13(12)17-20-14/h3-4,6,9-10H,5,7-8H2,1-2H3. The number of halogens is 1. The number of hydrogen-bond donors (Lipinski definition) is 0. The van der Waals surface area contributed by atoms with E-state index in [-0.39, 0.29) is 5.91 Å². The van der Waals surface area contributed by atoms with Crippen molar-refractivity contribution in [1.82, 2.24) is 9.27 Å². The van der Waals surface area contributed by atoms with Gasteiger partial charge in [0.25, 0.3) is 5.91 Å². The van der Waals surface area contributed by atoms with Gasteiger partial charge in [-0.25, -0.2) is 0 Å². The molecule has 1 saturated heterocycles. The summed E-state index contributed by atoms with van der Waals surface area (Å²) in [5.74, 6) is 1.22. The summed E-state index contributed by atoms with van der Waals surface area (Å²) in [6, 6.07) is 5.51. The van der Waals surface area contributed by atoms with E-state index in [1.54, 1.807) is 0 Å². The van der Waals surface area contributed by atoms with Gasteiger partial charge in [-0.3, -0.25) is 4.79 Å². The summed E-state index contributed by atoms with van der Waals surface area (Å²) in [6.45, 7) is 6.08. The number of piperidine rings is 1. The number of carbonyl (C=O) groups is 1. The zero-order valence-electron chi connectivity index (χ0n) is 11.6. The molecule has 0 saturated carbocycles. The van der Waals surface area contributed by atoms with Crippen molar-refractivity contribution in [2.75, 3.05) is 13.1 Å². The Labute approximate surface area is 127 Å². The number of fused-ring (bicyclic) bond motifs is 1. The van der Waals surface area contributed by atoms with Gasteiger partial charge in [0.2, 0.25) is 0 Å². The van der Waals surface area contributed by atoms with Crippen LogP contribution in [0.15, 0.2) is 18.2 Å². The van der Waals surface area contributed by atoms with E-state index in [1.807, 2.05) is 23.1 Å². The lowest BCUT2D eigenvalue weighted by molar-refractivity contribution is 0.0630. The molecule has 2 heterocycles. The Balaban J connectivity index is 1.94. The first-order valence-corrected chi connectivity index (χ1v) is 8.04. The first kappa shape index (κ1) is 13.8. The summed E-state index contributed by atoms with van der Waals surface area (Å²) >= 11 is 7.31. The Morgan fingerprint density at radius 3 is 2.75 bits per heavy atom. The van der Waals surface area contributed by atoms with Crippen LogP contribution in [0.5, 0.6) is 0 Å². The molecular weight excluding hydrogens is 292 g/mol. The van der Waals surface area contributed by atoms with Crippen molar-refractivity contribution >= 4 is 39.9 Å². The molecule has 1 aromatic carbocycles. The fraction of sp³-hybridized carbons (Fsp3) is 0.467. The van der Waals surface area contributed by atoms with E-state index in [4.69, 9.17) is 11.6 Å². The normalized spacial score (nSPS) is 23.2. The Kier molecular flexibility index (Phi) is 3.69. The maximum atomic E-state index is 12.7. The number of aromatic nitrogens is 1.